The lowest BCUT2D eigenvalue weighted by molar-refractivity contribution is 0.0979. The highest BCUT2D eigenvalue weighted by Crippen LogP contribution is 2.32. The number of ketones is 2. The lowest BCUT2D eigenvalue weighted by Crippen LogP contribution is -2.21. The number of carbonyl (C=O) groups excluding carboxylic acids is 2. The van der Waals surface area contributed by atoms with Gasteiger partial charge in [-0.25, -0.2) is 0 Å². The Morgan fingerprint density at radius 1 is 0.750 bits per heavy atom. The number of benzene rings is 2. The van der Waals surface area contributed by atoms with Gasteiger partial charge < -0.3 is 0 Å². The zero-order valence-corrected chi connectivity index (χ0v) is 13.1. The summed E-state index contributed by atoms with van der Waals surface area (Å²) in [6.07, 6.45) is 4.40. The second kappa shape index (κ2) is 4.84. The molecule has 3 heteroatoms. The van der Waals surface area contributed by atoms with Crippen molar-refractivity contribution >= 4 is 22.5 Å². The predicted octanol–water partition coefficient (Wildman–Crippen LogP) is 3.89. The third-order valence-corrected chi connectivity index (χ3v) is 5.14. The first-order valence-corrected chi connectivity index (χ1v) is 8.37. The van der Waals surface area contributed by atoms with Crippen molar-refractivity contribution in [1.29, 1.82) is 0 Å². The van der Waals surface area contributed by atoms with Crippen LogP contribution in [0.4, 0.5) is 0 Å². The van der Waals surface area contributed by atoms with Crippen molar-refractivity contribution in [2.45, 2.75) is 25.7 Å². The normalized spacial score (nSPS) is 15.8. The number of rotatable bonds is 0. The van der Waals surface area contributed by atoms with E-state index in [-0.39, 0.29) is 11.6 Å². The fourth-order valence-electron chi connectivity index (χ4n) is 3.89. The first-order chi connectivity index (χ1) is 11.7. The lowest BCUT2D eigenvalue weighted by Gasteiger charge is -2.19. The summed E-state index contributed by atoms with van der Waals surface area (Å²) in [5.74, 6) is -0.151. The van der Waals surface area contributed by atoms with Crippen LogP contribution in [0.2, 0.25) is 0 Å². The van der Waals surface area contributed by atoms with Gasteiger partial charge in [-0.3, -0.25) is 14.6 Å². The number of aromatic nitrogens is 1. The molecule has 0 saturated heterocycles. The summed E-state index contributed by atoms with van der Waals surface area (Å²) in [7, 11) is 0. The van der Waals surface area contributed by atoms with E-state index in [9.17, 15) is 9.59 Å². The van der Waals surface area contributed by atoms with Crippen molar-refractivity contribution in [2.75, 3.05) is 0 Å². The van der Waals surface area contributed by atoms with Gasteiger partial charge in [0, 0.05) is 33.3 Å². The van der Waals surface area contributed by atoms with Crippen molar-refractivity contribution in [2.24, 2.45) is 0 Å². The van der Waals surface area contributed by atoms with Gasteiger partial charge in [-0.1, -0.05) is 24.3 Å². The van der Waals surface area contributed by atoms with Gasteiger partial charge in [0.15, 0.2) is 11.6 Å². The van der Waals surface area contributed by atoms with E-state index in [2.05, 4.69) is 6.07 Å². The molecule has 0 fully saturated rings. The van der Waals surface area contributed by atoms with Gasteiger partial charge in [0.1, 0.15) is 0 Å². The average Bonchev–Trinajstić information content (AvgIpc) is 2.63. The molecule has 0 saturated carbocycles. The zero-order valence-electron chi connectivity index (χ0n) is 13.1. The minimum Gasteiger partial charge on any atom is -0.289 e. The average molecular weight is 313 g/mol. The Hall–Kier alpha value is -2.81. The summed E-state index contributed by atoms with van der Waals surface area (Å²) in [6, 6.07) is 12.9. The van der Waals surface area contributed by atoms with Crippen LogP contribution in [0.5, 0.6) is 0 Å². The summed E-state index contributed by atoms with van der Waals surface area (Å²) in [6.45, 7) is 0. The highest BCUT2D eigenvalue weighted by molar-refractivity contribution is 6.29. The van der Waals surface area contributed by atoms with E-state index in [1.54, 1.807) is 30.3 Å². The summed E-state index contributed by atoms with van der Waals surface area (Å²) >= 11 is 0. The maximum atomic E-state index is 12.8. The monoisotopic (exact) mass is 313 g/mol. The standard InChI is InChI=1S/C21H15NO2/c23-20-14-6-2-3-7-15(14)21(24)17-11-19-13(10-16(17)20)9-12-5-1-4-8-18(12)22-19/h2-3,6-7,9-11H,1,4-5,8H2. The molecule has 0 aliphatic heterocycles. The van der Waals surface area contributed by atoms with E-state index in [1.165, 1.54) is 18.4 Å². The molecule has 116 valence electrons. The molecule has 0 radical (unpaired) electrons. The fraction of sp³-hybridized carbons (Fsp3) is 0.190. The Labute approximate surface area is 139 Å². The smallest absolute Gasteiger partial charge is 0.194 e. The molecule has 1 heterocycles. The van der Waals surface area contributed by atoms with Gasteiger partial charge in [0.25, 0.3) is 0 Å². The van der Waals surface area contributed by atoms with Crippen molar-refractivity contribution in [1.82, 2.24) is 4.98 Å². The van der Waals surface area contributed by atoms with Crippen LogP contribution >= 0.6 is 0 Å². The van der Waals surface area contributed by atoms with Crippen LogP contribution in [0.1, 0.15) is 55.9 Å². The maximum Gasteiger partial charge on any atom is 0.194 e. The first-order valence-electron chi connectivity index (χ1n) is 8.37. The minimum absolute atomic E-state index is 0.0696. The third-order valence-electron chi connectivity index (χ3n) is 5.14. The van der Waals surface area contributed by atoms with Crippen LogP contribution in [-0.2, 0) is 12.8 Å². The predicted molar refractivity (Wildman–Crippen MR) is 91.7 cm³/mol. The molecule has 2 aliphatic carbocycles. The molecule has 5 rings (SSSR count). The number of nitrogens with zero attached hydrogens (tertiary/aromatic N) is 1. The second-order valence-corrected chi connectivity index (χ2v) is 6.60. The van der Waals surface area contributed by atoms with Gasteiger partial charge >= 0.3 is 0 Å². The van der Waals surface area contributed by atoms with Crippen LogP contribution < -0.4 is 0 Å². The van der Waals surface area contributed by atoms with E-state index in [0.29, 0.717) is 22.3 Å². The van der Waals surface area contributed by atoms with Gasteiger partial charge in [-0.15, -0.1) is 0 Å². The molecule has 2 aromatic carbocycles. The fourth-order valence-corrected chi connectivity index (χ4v) is 3.89. The van der Waals surface area contributed by atoms with Gasteiger partial charge in [-0.2, -0.15) is 0 Å². The quantitative estimate of drug-likeness (QED) is 0.495. The molecule has 0 amide bonds. The Bertz CT molecular complexity index is 966. The second-order valence-electron chi connectivity index (χ2n) is 6.60. The molecule has 24 heavy (non-hydrogen) atoms. The van der Waals surface area contributed by atoms with Crippen LogP contribution in [-0.4, -0.2) is 16.6 Å². The van der Waals surface area contributed by atoms with Crippen LogP contribution in [0.3, 0.4) is 0 Å². The van der Waals surface area contributed by atoms with Crippen LogP contribution in [0.25, 0.3) is 10.9 Å². The van der Waals surface area contributed by atoms with Gasteiger partial charge in [0.2, 0.25) is 0 Å². The van der Waals surface area contributed by atoms with E-state index < -0.39 is 0 Å². The topological polar surface area (TPSA) is 47.0 Å². The van der Waals surface area contributed by atoms with E-state index in [0.717, 1.165) is 29.4 Å². The first kappa shape index (κ1) is 13.6. The Morgan fingerprint density at radius 2 is 1.42 bits per heavy atom. The van der Waals surface area contributed by atoms with E-state index in [1.807, 2.05) is 6.07 Å². The molecule has 1 aromatic heterocycles. The summed E-state index contributed by atoms with van der Waals surface area (Å²) in [5.41, 5.74) is 5.22. The molecule has 2 aliphatic rings. The number of aryl methyl sites for hydroxylation is 2. The molecule has 0 atom stereocenters. The number of pyridine rings is 1. The van der Waals surface area contributed by atoms with Gasteiger partial charge in [-0.05, 0) is 49.4 Å². The third kappa shape index (κ3) is 1.81. The Balaban J connectivity index is 1.78. The van der Waals surface area contributed by atoms with Crippen molar-refractivity contribution in [3.8, 4) is 0 Å². The summed E-state index contributed by atoms with van der Waals surface area (Å²) < 4.78 is 0. The summed E-state index contributed by atoms with van der Waals surface area (Å²) in [4.78, 5) is 30.4. The molecule has 0 bridgehead atoms. The van der Waals surface area contributed by atoms with Gasteiger partial charge in [0.05, 0.1) is 5.52 Å². The highest BCUT2D eigenvalue weighted by atomic mass is 16.1. The number of fused-ring (bicyclic) bond motifs is 4. The number of hydrogen-bond donors (Lipinski definition) is 0. The van der Waals surface area contributed by atoms with Crippen molar-refractivity contribution < 1.29 is 9.59 Å². The number of hydrogen-bond acceptors (Lipinski definition) is 3. The van der Waals surface area contributed by atoms with Crippen molar-refractivity contribution in [3.05, 3.63) is 76.0 Å². The molecular formula is C21H15NO2. The molecule has 0 unspecified atom stereocenters. The molecule has 3 nitrogen and oxygen atoms in total. The van der Waals surface area contributed by atoms with Crippen LogP contribution in [0.15, 0.2) is 42.5 Å². The van der Waals surface area contributed by atoms with Crippen molar-refractivity contribution in [3.63, 3.8) is 0 Å². The largest absolute Gasteiger partial charge is 0.289 e. The Morgan fingerprint density at radius 3 is 2.17 bits per heavy atom. The minimum atomic E-state index is -0.0818. The van der Waals surface area contributed by atoms with Crippen LogP contribution in [0, 0.1) is 0 Å². The number of carbonyl (C=O) groups is 2. The highest BCUT2D eigenvalue weighted by Gasteiger charge is 2.30. The Kier molecular flexibility index (Phi) is 2.75. The molecule has 0 spiro atoms. The van der Waals surface area contributed by atoms with E-state index in [4.69, 9.17) is 4.98 Å². The molecular weight excluding hydrogens is 298 g/mol. The lowest BCUT2D eigenvalue weighted by atomic mass is 9.83. The SMILES string of the molecule is O=C1c2ccccc2C(=O)c2cc3nc4c(cc3cc21)CCCC4. The summed E-state index contributed by atoms with van der Waals surface area (Å²) in [5, 5.41) is 0.954. The molecule has 0 N–H and O–H groups in total. The molecule has 3 aromatic rings. The maximum absolute atomic E-state index is 12.8. The zero-order chi connectivity index (χ0) is 16.3. The van der Waals surface area contributed by atoms with E-state index >= 15 is 0 Å².